The predicted molar refractivity (Wildman–Crippen MR) is 73.4 cm³/mol. The van der Waals surface area contributed by atoms with Gasteiger partial charge in [-0.25, -0.2) is 0 Å². The SMILES string of the molecule is CC(C(=O)NCCN)c1cn(C)c2ccccc12. The van der Waals surface area contributed by atoms with E-state index in [1.807, 2.05) is 32.3 Å². The molecule has 0 saturated heterocycles. The molecule has 1 heterocycles. The molecule has 0 saturated carbocycles. The zero-order valence-corrected chi connectivity index (χ0v) is 10.8. The van der Waals surface area contributed by atoms with E-state index in [0.717, 1.165) is 16.5 Å². The molecule has 1 aromatic carbocycles. The Morgan fingerprint density at radius 1 is 1.44 bits per heavy atom. The monoisotopic (exact) mass is 245 g/mol. The standard InChI is InChI=1S/C14H19N3O/c1-10(14(18)16-8-7-15)12-9-17(2)13-6-4-3-5-11(12)13/h3-6,9-10H,7-8,15H2,1-2H3,(H,16,18). The van der Waals surface area contributed by atoms with E-state index in [2.05, 4.69) is 22.0 Å². The molecule has 4 heteroatoms. The Kier molecular flexibility index (Phi) is 3.67. The first-order valence-corrected chi connectivity index (χ1v) is 6.17. The summed E-state index contributed by atoms with van der Waals surface area (Å²) in [5, 5.41) is 3.97. The van der Waals surface area contributed by atoms with Gasteiger partial charge < -0.3 is 15.6 Å². The van der Waals surface area contributed by atoms with E-state index in [0.29, 0.717) is 13.1 Å². The van der Waals surface area contributed by atoms with Gasteiger partial charge in [-0.15, -0.1) is 0 Å². The molecule has 0 fully saturated rings. The molecular weight excluding hydrogens is 226 g/mol. The number of hydrogen-bond acceptors (Lipinski definition) is 2. The van der Waals surface area contributed by atoms with Crippen LogP contribution < -0.4 is 11.1 Å². The van der Waals surface area contributed by atoms with Gasteiger partial charge in [0, 0.05) is 37.2 Å². The van der Waals surface area contributed by atoms with E-state index in [1.54, 1.807) is 0 Å². The number of carbonyl (C=O) groups excluding carboxylic acids is 1. The Morgan fingerprint density at radius 2 is 2.17 bits per heavy atom. The van der Waals surface area contributed by atoms with Gasteiger partial charge in [-0.3, -0.25) is 4.79 Å². The van der Waals surface area contributed by atoms with Crippen LogP contribution in [0.1, 0.15) is 18.4 Å². The van der Waals surface area contributed by atoms with Crippen molar-refractivity contribution >= 4 is 16.8 Å². The van der Waals surface area contributed by atoms with Gasteiger partial charge in [0.05, 0.1) is 5.92 Å². The molecule has 0 aliphatic heterocycles. The zero-order valence-electron chi connectivity index (χ0n) is 10.8. The van der Waals surface area contributed by atoms with Crippen LogP contribution >= 0.6 is 0 Å². The average Bonchev–Trinajstić information content (AvgIpc) is 2.73. The van der Waals surface area contributed by atoms with Crippen molar-refractivity contribution in [2.75, 3.05) is 13.1 Å². The minimum Gasteiger partial charge on any atom is -0.354 e. The molecular formula is C14H19N3O. The molecule has 4 nitrogen and oxygen atoms in total. The lowest BCUT2D eigenvalue weighted by Gasteiger charge is -2.10. The molecule has 1 amide bonds. The quantitative estimate of drug-likeness (QED) is 0.854. The molecule has 18 heavy (non-hydrogen) atoms. The van der Waals surface area contributed by atoms with Gasteiger partial charge in [0.1, 0.15) is 0 Å². The highest BCUT2D eigenvalue weighted by Crippen LogP contribution is 2.27. The summed E-state index contributed by atoms with van der Waals surface area (Å²) in [6.07, 6.45) is 2.03. The summed E-state index contributed by atoms with van der Waals surface area (Å²) in [5.74, 6) is -0.139. The largest absolute Gasteiger partial charge is 0.354 e. The van der Waals surface area contributed by atoms with Crippen molar-refractivity contribution < 1.29 is 4.79 Å². The van der Waals surface area contributed by atoms with Crippen molar-refractivity contribution in [3.63, 3.8) is 0 Å². The fourth-order valence-electron chi connectivity index (χ4n) is 2.21. The molecule has 96 valence electrons. The molecule has 2 aromatic rings. The number of fused-ring (bicyclic) bond motifs is 1. The first kappa shape index (κ1) is 12.6. The molecule has 1 unspecified atom stereocenters. The van der Waals surface area contributed by atoms with E-state index in [-0.39, 0.29) is 11.8 Å². The molecule has 0 spiro atoms. The van der Waals surface area contributed by atoms with Crippen LogP contribution in [0.2, 0.25) is 0 Å². The van der Waals surface area contributed by atoms with Crippen LogP contribution in [0, 0.1) is 0 Å². The third kappa shape index (κ3) is 2.24. The minimum atomic E-state index is -0.164. The Morgan fingerprint density at radius 3 is 2.89 bits per heavy atom. The second kappa shape index (κ2) is 5.23. The molecule has 0 aliphatic carbocycles. The topological polar surface area (TPSA) is 60.1 Å². The van der Waals surface area contributed by atoms with Crippen LogP contribution in [0.15, 0.2) is 30.5 Å². The Balaban J connectivity index is 2.33. The summed E-state index contributed by atoms with van der Waals surface area (Å²) in [6.45, 7) is 2.91. The molecule has 1 aromatic heterocycles. The maximum atomic E-state index is 12.0. The number of carbonyl (C=O) groups is 1. The third-order valence-electron chi connectivity index (χ3n) is 3.23. The number of hydrogen-bond donors (Lipinski definition) is 2. The molecule has 3 N–H and O–H groups in total. The Labute approximate surface area is 107 Å². The number of para-hydroxylation sites is 1. The Hall–Kier alpha value is -1.81. The summed E-state index contributed by atoms with van der Waals surface area (Å²) < 4.78 is 2.05. The summed E-state index contributed by atoms with van der Waals surface area (Å²) in [6, 6.07) is 8.11. The summed E-state index contributed by atoms with van der Waals surface area (Å²) >= 11 is 0. The number of rotatable bonds is 4. The molecule has 0 bridgehead atoms. The highest BCUT2D eigenvalue weighted by molar-refractivity contribution is 5.92. The smallest absolute Gasteiger partial charge is 0.227 e. The summed E-state index contributed by atoms with van der Waals surface area (Å²) in [4.78, 5) is 12.0. The van der Waals surface area contributed by atoms with Gasteiger partial charge in [0.25, 0.3) is 0 Å². The molecule has 1 atom stereocenters. The van der Waals surface area contributed by atoms with Gasteiger partial charge in [-0.1, -0.05) is 18.2 Å². The van der Waals surface area contributed by atoms with Crippen molar-refractivity contribution in [3.05, 3.63) is 36.0 Å². The van der Waals surface area contributed by atoms with Crippen LogP contribution in [0.25, 0.3) is 10.9 Å². The van der Waals surface area contributed by atoms with Crippen molar-refractivity contribution in [1.29, 1.82) is 0 Å². The fraction of sp³-hybridized carbons (Fsp3) is 0.357. The zero-order chi connectivity index (χ0) is 13.1. The average molecular weight is 245 g/mol. The molecule has 0 radical (unpaired) electrons. The number of aromatic nitrogens is 1. The number of nitrogens with two attached hydrogens (primary N) is 1. The van der Waals surface area contributed by atoms with Gasteiger partial charge in [-0.05, 0) is 18.6 Å². The first-order valence-electron chi connectivity index (χ1n) is 6.17. The van der Waals surface area contributed by atoms with Crippen LogP contribution in [0.5, 0.6) is 0 Å². The van der Waals surface area contributed by atoms with E-state index >= 15 is 0 Å². The van der Waals surface area contributed by atoms with E-state index in [9.17, 15) is 4.79 Å². The minimum absolute atomic E-state index is 0.0248. The summed E-state index contributed by atoms with van der Waals surface area (Å²) in [5.41, 5.74) is 7.59. The number of aryl methyl sites for hydroxylation is 1. The predicted octanol–water partition coefficient (Wildman–Crippen LogP) is 1.36. The van der Waals surface area contributed by atoms with Crippen LogP contribution in [0.4, 0.5) is 0 Å². The maximum Gasteiger partial charge on any atom is 0.227 e. The van der Waals surface area contributed by atoms with Crippen LogP contribution in [-0.2, 0) is 11.8 Å². The van der Waals surface area contributed by atoms with Gasteiger partial charge >= 0.3 is 0 Å². The number of nitrogens with one attached hydrogen (secondary N) is 1. The second-order valence-corrected chi connectivity index (χ2v) is 4.51. The Bertz CT molecular complexity index is 559. The van der Waals surface area contributed by atoms with Crippen molar-refractivity contribution in [2.24, 2.45) is 12.8 Å². The lowest BCUT2D eigenvalue weighted by molar-refractivity contribution is -0.122. The first-order chi connectivity index (χ1) is 8.65. The number of nitrogens with zero attached hydrogens (tertiary/aromatic N) is 1. The highest BCUT2D eigenvalue weighted by Gasteiger charge is 2.18. The van der Waals surface area contributed by atoms with E-state index in [4.69, 9.17) is 5.73 Å². The maximum absolute atomic E-state index is 12.0. The van der Waals surface area contributed by atoms with E-state index < -0.39 is 0 Å². The van der Waals surface area contributed by atoms with Gasteiger partial charge in [-0.2, -0.15) is 0 Å². The third-order valence-corrected chi connectivity index (χ3v) is 3.23. The van der Waals surface area contributed by atoms with Crippen molar-refractivity contribution in [3.8, 4) is 0 Å². The lowest BCUT2D eigenvalue weighted by Crippen LogP contribution is -2.32. The van der Waals surface area contributed by atoms with Gasteiger partial charge in [0.2, 0.25) is 5.91 Å². The number of benzene rings is 1. The number of amides is 1. The second-order valence-electron chi connectivity index (χ2n) is 4.51. The fourth-order valence-corrected chi connectivity index (χ4v) is 2.21. The van der Waals surface area contributed by atoms with Gasteiger partial charge in [0.15, 0.2) is 0 Å². The highest BCUT2D eigenvalue weighted by atomic mass is 16.1. The van der Waals surface area contributed by atoms with Crippen LogP contribution in [-0.4, -0.2) is 23.6 Å². The van der Waals surface area contributed by atoms with Crippen molar-refractivity contribution in [2.45, 2.75) is 12.8 Å². The molecule has 0 aliphatic rings. The van der Waals surface area contributed by atoms with E-state index in [1.165, 1.54) is 0 Å². The normalized spacial score (nSPS) is 12.6. The van der Waals surface area contributed by atoms with Crippen LogP contribution in [0.3, 0.4) is 0 Å². The molecule has 2 rings (SSSR count). The van der Waals surface area contributed by atoms with Crippen molar-refractivity contribution in [1.82, 2.24) is 9.88 Å². The summed E-state index contributed by atoms with van der Waals surface area (Å²) in [7, 11) is 2.00. The lowest BCUT2D eigenvalue weighted by atomic mass is 10.00.